The van der Waals surface area contributed by atoms with Gasteiger partial charge in [0.25, 0.3) is 0 Å². The minimum atomic E-state index is -0.823. The van der Waals surface area contributed by atoms with Crippen molar-refractivity contribution >= 4 is 11.6 Å². The lowest BCUT2D eigenvalue weighted by molar-refractivity contribution is 0.0307. The maximum Gasteiger partial charge on any atom is 0.125 e. The van der Waals surface area contributed by atoms with E-state index in [1.165, 1.54) is 0 Å². The van der Waals surface area contributed by atoms with Gasteiger partial charge in [0.2, 0.25) is 0 Å². The van der Waals surface area contributed by atoms with Crippen LogP contribution >= 0.6 is 11.6 Å². The van der Waals surface area contributed by atoms with Crippen LogP contribution in [0.2, 0.25) is 5.02 Å². The minimum Gasteiger partial charge on any atom is -0.496 e. The predicted molar refractivity (Wildman–Crippen MR) is 60.3 cm³/mol. The fourth-order valence-electron chi connectivity index (χ4n) is 1.94. The van der Waals surface area contributed by atoms with Gasteiger partial charge in [0.1, 0.15) is 5.75 Å². The summed E-state index contributed by atoms with van der Waals surface area (Å²) in [5, 5.41) is 11.1. The summed E-state index contributed by atoms with van der Waals surface area (Å²) >= 11 is 5.94. The van der Waals surface area contributed by atoms with Gasteiger partial charge >= 0.3 is 0 Å². The number of hydrogen-bond acceptors (Lipinski definition) is 2. The third-order valence-electron chi connectivity index (χ3n) is 3.08. The smallest absolute Gasteiger partial charge is 0.125 e. The highest BCUT2D eigenvalue weighted by atomic mass is 35.5. The molecule has 1 fully saturated rings. The summed E-state index contributed by atoms with van der Waals surface area (Å²) in [6, 6.07) is 5.36. The van der Waals surface area contributed by atoms with Crippen molar-refractivity contribution in [2.45, 2.75) is 25.4 Å². The van der Waals surface area contributed by atoms with Gasteiger partial charge in [-0.25, -0.2) is 0 Å². The number of halogens is 1. The van der Waals surface area contributed by atoms with Crippen LogP contribution in [-0.2, 0) is 5.60 Å². The lowest BCUT2D eigenvalue weighted by atomic mass is 9.90. The van der Waals surface area contributed by atoms with Crippen LogP contribution in [0.4, 0.5) is 0 Å². The first-order chi connectivity index (χ1) is 7.05. The SMILES string of the molecule is COc1ccc(Cl)cc1[C@](C)(O)C1CC1. The summed E-state index contributed by atoms with van der Waals surface area (Å²) in [6.07, 6.45) is 2.14. The van der Waals surface area contributed by atoms with Gasteiger partial charge in [0, 0.05) is 10.6 Å². The number of ether oxygens (including phenoxy) is 1. The molecule has 0 heterocycles. The maximum absolute atomic E-state index is 10.4. The summed E-state index contributed by atoms with van der Waals surface area (Å²) in [4.78, 5) is 0. The second kappa shape index (κ2) is 3.69. The molecule has 0 unspecified atom stereocenters. The van der Waals surface area contributed by atoms with E-state index in [1.807, 2.05) is 6.92 Å². The zero-order valence-corrected chi connectivity index (χ0v) is 9.71. The van der Waals surface area contributed by atoms with Crippen LogP contribution < -0.4 is 4.74 Å². The van der Waals surface area contributed by atoms with Crippen LogP contribution in [0.3, 0.4) is 0 Å². The molecule has 1 N–H and O–H groups in total. The van der Waals surface area contributed by atoms with Crippen molar-refractivity contribution < 1.29 is 9.84 Å². The fourth-order valence-corrected chi connectivity index (χ4v) is 2.11. The first-order valence-corrected chi connectivity index (χ1v) is 5.50. The number of hydrogen-bond donors (Lipinski definition) is 1. The Bertz CT molecular complexity index is 370. The van der Waals surface area contributed by atoms with Gasteiger partial charge in [-0.3, -0.25) is 0 Å². The molecular weight excluding hydrogens is 212 g/mol. The molecule has 2 rings (SSSR count). The highest BCUT2D eigenvalue weighted by Gasteiger charge is 2.42. The quantitative estimate of drug-likeness (QED) is 0.859. The average Bonchev–Trinajstić information content (AvgIpc) is 3.01. The molecule has 0 aromatic heterocycles. The second-order valence-corrected chi connectivity index (χ2v) is 4.70. The van der Waals surface area contributed by atoms with Crippen LogP contribution in [0.5, 0.6) is 5.75 Å². The Kier molecular flexibility index (Phi) is 2.65. The van der Waals surface area contributed by atoms with Gasteiger partial charge in [0.15, 0.2) is 0 Å². The van der Waals surface area contributed by atoms with Gasteiger partial charge in [-0.05, 0) is 43.9 Å². The predicted octanol–water partition coefficient (Wildman–Crippen LogP) is 2.97. The summed E-state index contributed by atoms with van der Waals surface area (Å²) in [7, 11) is 1.61. The maximum atomic E-state index is 10.4. The molecule has 0 radical (unpaired) electrons. The fraction of sp³-hybridized carbons (Fsp3) is 0.500. The molecule has 0 saturated heterocycles. The first kappa shape index (κ1) is 10.8. The average molecular weight is 227 g/mol. The molecule has 3 heteroatoms. The lowest BCUT2D eigenvalue weighted by Crippen LogP contribution is -2.24. The summed E-state index contributed by atoms with van der Waals surface area (Å²) in [5.74, 6) is 1.04. The van der Waals surface area contributed by atoms with Gasteiger partial charge in [-0.1, -0.05) is 11.6 Å². The van der Waals surface area contributed by atoms with E-state index in [0.717, 1.165) is 18.4 Å². The Labute approximate surface area is 94.8 Å². The Morgan fingerprint density at radius 2 is 2.13 bits per heavy atom. The topological polar surface area (TPSA) is 29.5 Å². The van der Waals surface area contributed by atoms with E-state index >= 15 is 0 Å². The second-order valence-electron chi connectivity index (χ2n) is 4.27. The Morgan fingerprint density at radius 1 is 1.47 bits per heavy atom. The summed E-state index contributed by atoms with van der Waals surface area (Å²) in [6.45, 7) is 1.83. The Balaban J connectivity index is 2.44. The molecule has 1 aliphatic carbocycles. The standard InChI is InChI=1S/C12H15ClO2/c1-12(14,8-3-4-8)10-7-9(13)5-6-11(10)15-2/h5-8,14H,3-4H2,1-2H3/t12-/m1/s1. The normalized spacial score (nSPS) is 19.7. The highest BCUT2D eigenvalue weighted by molar-refractivity contribution is 6.30. The molecule has 0 bridgehead atoms. The van der Waals surface area contributed by atoms with E-state index in [2.05, 4.69) is 0 Å². The molecule has 0 spiro atoms. The van der Waals surface area contributed by atoms with Gasteiger partial charge in [0.05, 0.1) is 12.7 Å². The molecule has 82 valence electrons. The van der Waals surface area contributed by atoms with Crippen LogP contribution in [0, 0.1) is 5.92 Å². The van der Waals surface area contributed by atoms with E-state index in [1.54, 1.807) is 25.3 Å². The molecular formula is C12H15ClO2. The number of aliphatic hydroxyl groups is 1. The van der Waals surface area contributed by atoms with E-state index in [9.17, 15) is 5.11 Å². The van der Waals surface area contributed by atoms with Crippen LogP contribution in [0.1, 0.15) is 25.3 Å². The molecule has 1 atom stereocenters. The molecule has 15 heavy (non-hydrogen) atoms. The van der Waals surface area contributed by atoms with E-state index < -0.39 is 5.60 Å². The van der Waals surface area contributed by atoms with Crippen LogP contribution in [-0.4, -0.2) is 12.2 Å². The number of rotatable bonds is 3. The summed E-state index contributed by atoms with van der Waals surface area (Å²) in [5.41, 5.74) is -0.0315. The lowest BCUT2D eigenvalue weighted by Gasteiger charge is -2.25. The third kappa shape index (κ3) is 1.97. The first-order valence-electron chi connectivity index (χ1n) is 5.12. The van der Waals surface area contributed by atoms with Gasteiger partial charge in [-0.2, -0.15) is 0 Å². The molecule has 1 saturated carbocycles. The monoisotopic (exact) mass is 226 g/mol. The number of benzene rings is 1. The zero-order chi connectivity index (χ0) is 11.1. The zero-order valence-electron chi connectivity index (χ0n) is 8.96. The summed E-state index contributed by atoms with van der Waals surface area (Å²) < 4.78 is 5.25. The van der Waals surface area contributed by atoms with Crippen molar-refractivity contribution in [1.29, 1.82) is 0 Å². The van der Waals surface area contributed by atoms with Gasteiger partial charge < -0.3 is 9.84 Å². The van der Waals surface area contributed by atoms with E-state index in [0.29, 0.717) is 16.7 Å². The minimum absolute atomic E-state index is 0.338. The highest BCUT2D eigenvalue weighted by Crippen LogP contribution is 2.48. The van der Waals surface area contributed by atoms with Crippen molar-refractivity contribution in [3.63, 3.8) is 0 Å². The molecule has 2 nitrogen and oxygen atoms in total. The molecule has 1 aromatic carbocycles. The van der Waals surface area contributed by atoms with E-state index in [-0.39, 0.29) is 0 Å². The van der Waals surface area contributed by atoms with E-state index in [4.69, 9.17) is 16.3 Å². The van der Waals surface area contributed by atoms with Crippen molar-refractivity contribution in [1.82, 2.24) is 0 Å². The van der Waals surface area contributed by atoms with Crippen LogP contribution in [0.15, 0.2) is 18.2 Å². The van der Waals surface area contributed by atoms with Crippen molar-refractivity contribution in [2.75, 3.05) is 7.11 Å². The largest absolute Gasteiger partial charge is 0.496 e. The molecule has 0 aliphatic heterocycles. The molecule has 1 aromatic rings. The Hall–Kier alpha value is -0.730. The van der Waals surface area contributed by atoms with Crippen molar-refractivity contribution in [3.8, 4) is 5.75 Å². The molecule has 1 aliphatic rings. The number of methoxy groups -OCH3 is 1. The van der Waals surface area contributed by atoms with Crippen molar-refractivity contribution in [2.24, 2.45) is 5.92 Å². The van der Waals surface area contributed by atoms with Gasteiger partial charge in [-0.15, -0.1) is 0 Å². The van der Waals surface area contributed by atoms with Crippen LogP contribution in [0.25, 0.3) is 0 Å². The third-order valence-corrected chi connectivity index (χ3v) is 3.31. The molecule has 0 amide bonds. The Morgan fingerprint density at radius 3 is 2.67 bits per heavy atom. The van der Waals surface area contributed by atoms with Crippen molar-refractivity contribution in [3.05, 3.63) is 28.8 Å².